The lowest BCUT2D eigenvalue weighted by atomic mass is 10.0. The van der Waals surface area contributed by atoms with E-state index in [1.54, 1.807) is 49.4 Å². The van der Waals surface area contributed by atoms with E-state index in [4.69, 9.17) is 22.3 Å². The molecule has 1 amide bonds. The van der Waals surface area contributed by atoms with Crippen LogP contribution in [0.4, 0.5) is 14.5 Å². The van der Waals surface area contributed by atoms with Gasteiger partial charge in [0, 0.05) is 11.6 Å². The summed E-state index contributed by atoms with van der Waals surface area (Å²) >= 11 is 6.19. The first-order valence-electron chi connectivity index (χ1n) is 12.3. The number of amides is 1. The number of hydrogen-bond donors (Lipinski definition) is 2. The summed E-state index contributed by atoms with van der Waals surface area (Å²) in [5, 5.41) is 0.698. The SMILES string of the molecule is CCC(c1nc2cc(Cl)ccc2c(=O)n1Nc1ccccc1)N(CCCN)C(=O)c1c(F)ccc(C)c1F. The number of aryl methyl sites for hydroxylation is 1. The Labute approximate surface area is 223 Å². The molecule has 1 aromatic heterocycles. The van der Waals surface area contributed by atoms with E-state index in [0.717, 1.165) is 6.07 Å². The molecule has 10 heteroatoms. The number of carbonyl (C=O) groups is 1. The molecule has 1 atom stereocenters. The highest BCUT2D eigenvalue weighted by Gasteiger charge is 2.32. The minimum absolute atomic E-state index is 0.0927. The number of benzene rings is 3. The van der Waals surface area contributed by atoms with Crippen molar-refractivity contribution in [1.82, 2.24) is 14.6 Å². The number of aromatic nitrogens is 2. The first kappa shape index (κ1) is 27.2. The molecular weight excluding hydrogens is 512 g/mol. The third-order valence-corrected chi connectivity index (χ3v) is 6.53. The molecule has 0 radical (unpaired) electrons. The van der Waals surface area contributed by atoms with E-state index in [-0.39, 0.29) is 24.5 Å². The second-order valence-corrected chi connectivity index (χ2v) is 9.30. The Kier molecular flexibility index (Phi) is 8.38. The summed E-state index contributed by atoms with van der Waals surface area (Å²) in [5.41, 5.74) is 8.84. The number of rotatable bonds is 9. The lowest BCUT2D eigenvalue weighted by Crippen LogP contribution is -2.42. The number of hydrogen-bond acceptors (Lipinski definition) is 5. The fourth-order valence-corrected chi connectivity index (χ4v) is 4.51. The monoisotopic (exact) mass is 539 g/mol. The second-order valence-electron chi connectivity index (χ2n) is 8.87. The van der Waals surface area contributed by atoms with Crippen LogP contribution in [-0.4, -0.2) is 33.6 Å². The number of halogens is 3. The lowest BCUT2D eigenvalue weighted by molar-refractivity contribution is 0.0646. The van der Waals surface area contributed by atoms with E-state index in [2.05, 4.69) is 5.43 Å². The van der Waals surface area contributed by atoms with Gasteiger partial charge >= 0.3 is 0 Å². The normalized spacial score (nSPS) is 11.9. The fourth-order valence-electron chi connectivity index (χ4n) is 4.35. The molecule has 7 nitrogen and oxygen atoms in total. The number of nitrogens with two attached hydrogens (primary N) is 1. The van der Waals surface area contributed by atoms with Gasteiger partial charge in [-0.3, -0.25) is 15.0 Å². The third kappa shape index (κ3) is 5.39. The maximum atomic E-state index is 15.0. The van der Waals surface area contributed by atoms with Crippen molar-refractivity contribution in [2.75, 3.05) is 18.5 Å². The van der Waals surface area contributed by atoms with Crippen LogP contribution in [0.3, 0.4) is 0 Å². The Bertz CT molecular complexity index is 1530. The molecule has 4 rings (SSSR count). The molecule has 0 aliphatic rings. The van der Waals surface area contributed by atoms with Crippen LogP contribution in [0.15, 0.2) is 65.5 Å². The highest BCUT2D eigenvalue weighted by molar-refractivity contribution is 6.31. The van der Waals surface area contributed by atoms with E-state index < -0.39 is 34.7 Å². The summed E-state index contributed by atoms with van der Waals surface area (Å²) in [5.74, 6) is -2.56. The van der Waals surface area contributed by atoms with Crippen molar-refractivity contribution in [3.8, 4) is 0 Å². The molecule has 38 heavy (non-hydrogen) atoms. The Hall–Kier alpha value is -3.82. The van der Waals surface area contributed by atoms with Crippen molar-refractivity contribution in [3.05, 3.63) is 105 Å². The van der Waals surface area contributed by atoms with Gasteiger partial charge in [-0.2, -0.15) is 0 Å². The number of carbonyl (C=O) groups excluding carboxylic acids is 1. The molecule has 0 bridgehead atoms. The van der Waals surface area contributed by atoms with Crippen molar-refractivity contribution < 1.29 is 13.6 Å². The molecule has 4 aromatic rings. The molecule has 1 heterocycles. The Morgan fingerprint density at radius 2 is 1.89 bits per heavy atom. The molecule has 0 saturated heterocycles. The standard InChI is InChI=1S/C28H28ClF2N5O2/c1-3-23(35(15-7-14-32)28(38)24-21(30)13-10-17(2)25(24)31)26-33-22-16-18(29)11-12-20(22)27(37)36(26)34-19-8-5-4-6-9-19/h4-6,8-13,16,23,34H,3,7,14-15,32H2,1-2H3. The molecule has 0 aliphatic heterocycles. The number of fused-ring (bicyclic) bond motifs is 1. The van der Waals surface area contributed by atoms with Crippen molar-refractivity contribution in [2.45, 2.75) is 32.7 Å². The van der Waals surface area contributed by atoms with Gasteiger partial charge < -0.3 is 10.6 Å². The van der Waals surface area contributed by atoms with Gasteiger partial charge in [0.05, 0.1) is 22.6 Å². The summed E-state index contributed by atoms with van der Waals surface area (Å²) in [7, 11) is 0. The smallest absolute Gasteiger partial charge is 0.280 e. The molecular formula is C28H28ClF2N5O2. The second kappa shape index (κ2) is 11.7. The molecule has 3 aromatic carbocycles. The maximum Gasteiger partial charge on any atom is 0.280 e. The van der Waals surface area contributed by atoms with Crippen molar-refractivity contribution in [1.29, 1.82) is 0 Å². The summed E-state index contributed by atoms with van der Waals surface area (Å²) in [6.07, 6.45) is 0.660. The molecule has 0 saturated carbocycles. The first-order valence-corrected chi connectivity index (χ1v) is 12.6. The Morgan fingerprint density at radius 1 is 1.16 bits per heavy atom. The zero-order chi connectivity index (χ0) is 27.4. The van der Waals surface area contributed by atoms with Crippen molar-refractivity contribution in [3.63, 3.8) is 0 Å². The lowest BCUT2D eigenvalue weighted by Gasteiger charge is -2.32. The number of para-hydroxylation sites is 1. The van der Waals surface area contributed by atoms with E-state index in [1.165, 1.54) is 22.6 Å². The van der Waals surface area contributed by atoms with Gasteiger partial charge in [-0.1, -0.05) is 42.8 Å². The third-order valence-electron chi connectivity index (χ3n) is 6.30. The summed E-state index contributed by atoms with van der Waals surface area (Å²) in [6.45, 7) is 3.60. The minimum atomic E-state index is -0.969. The maximum absolute atomic E-state index is 15.0. The number of nitrogens with one attached hydrogen (secondary N) is 1. The number of anilines is 1. The topological polar surface area (TPSA) is 93.2 Å². The van der Waals surface area contributed by atoms with Gasteiger partial charge in [-0.15, -0.1) is 0 Å². The summed E-state index contributed by atoms with van der Waals surface area (Å²) in [6, 6.07) is 15.2. The fraction of sp³-hybridized carbons (Fsp3) is 0.250. The predicted molar refractivity (Wildman–Crippen MR) is 145 cm³/mol. The molecule has 0 fully saturated rings. The van der Waals surface area contributed by atoms with Crippen LogP contribution in [0.1, 0.15) is 47.6 Å². The Balaban J connectivity index is 1.93. The van der Waals surface area contributed by atoms with Crippen LogP contribution in [0.5, 0.6) is 0 Å². The Morgan fingerprint density at radius 3 is 2.58 bits per heavy atom. The van der Waals surface area contributed by atoms with Crippen LogP contribution in [-0.2, 0) is 0 Å². The largest absolute Gasteiger partial charge is 0.330 e. The predicted octanol–water partition coefficient (Wildman–Crippen LogP) is 5.45. The van der Waals surface area contributed by atoms with Gasteiger partial charge in [0.15, 0.2) is 5.82 Å². The van der Waals surface area contributed by atoms with E-state index in [9.17, 15) is 14.0 Å². The zero-order valence-electron chi connectivity index (χ0n) is 21.0. The minimum Gasteiger partial charge on any atom is -0.330 e. The van der Waals surface area contributed by atoms with Crippen LogP contribution < -0.4 is 16.7 Å². The molecule has 198 valence electrons. The van der Waals surface area contributed by atoms with Crippen molar-refractivity contribution >= 4 is 34.1 Å². The first-order chi connectivity index (χ1) is 18.3. The van der Waals surface area contributed by atoms with E-state index >= 15 is 4.39 Å². The summed E-state index contributed by atoms with van der Waals surface area (Å²) in [4.78, 5) is 33.5. The van der Waals surface area contributed by atoms with E-state index in [1.807, 2.05) is 6.07 Å². The van der Waals surface area contributed by atoms with Crippen molar-refractivity contribution in [2.24, 2.45) is 5.73 Å². The van der Waals surface area contributed by atoms with Crippen LogP contribution in [0.25, 0.3) is 10.9 Å². The zero-order valence-corrected chi connectivity index (χ0v) is 21.8. The van der Waals surface area contributed by atoms with Gasteiger partial charge in [0.25, 0.3) is 11.5 Å². The summed E-state index contributed by atoms with van der Waals surface area (Å²) < 4.78 is 31.1. The molecule has 0 spiro atoms. The van der Waals surface area contributed by atoms with Gasteiger partial charge in [0.1, 0.15) is 17.2 Å². The van der Waals surface area contributed by atoms with Gasteiger partial charge in [-0.05, 0) is 68.3 Å². The molecule has 3 N–H and O–H groups in total. The molecule has 0 aliphatic carbocycles. The van der Waals surface area contributed by atoms with Gasteiger partial charge in [0.2, 0.25) is 0 Å². The van der Waals surface area contributed by atoms with E-state index in [0.29, 0.717) is 34.5 Å². The van der Waals surface area contributed by atoms with Crippen LogP contribution in [0.2, 0.25) is 5.02 Å². The average molecular weight is 540 g/mol. The molecule has 1 unspecified atom stereocenters. The quantitative estimate of drug-likeness (QED) is 0.295. The van der Waals surface area contributed by atoms with Crippen LogP contribution >= 0.6 is 11.6 Å². The average Bonchev–Trinajstić information content (AvgIpc) is 2.91. The number of nitrogens with zero attached hydrogens (tertiary/aromatic N) is 3. The van der Waals surface area contributed by atoms with Crippen LogP contribution in [0, 0.1) is 18.6 Å². The van der Waals surface area contributed by atoms with Gasteiger partial charge in [-0.25, -0.2) is 18.4 Å². The highest BCUT2D eigenvalue weighted by atomic mass is 35.5. The highest BCUT2D eigenvalue weighted by Crippen LogP contribution is 2.29.